The van der Waals surface area contributed by atoms with Gasteiger partial charge in [0, 0.05) is 31.1 Å². The summed E-state index contributed by atoms with van der Waals surface area (Å²) in [6, 6.07) is 5.76. The van der Waals surface area contributed by atoms with Crippen LogP contribution in [0.25, 0.3) is 16.5 Å². The summed E-state index contributed by atoms with van der Waals surface area (Å²) in [7, 11) is 2.10. The molecule has 0 fully saturated rings. The number of halogens is 1. The molecule has 2 aromatic rings. The van der Waals surface area contributed by atoms with Crippen molar-refractivity contribution in [3.8, 4) is 0 Å². The fraction of sp³-hybridized carbons (Fsp3) is 0.538. The normalized spacial score (nSPS) is 21.2. The molecular formula is C26H35BrN4O2. The van der Waals surface area contributed by atoms with Gasteiger partial charge in [-0.3, -0.25) is 19.1 Å². The van der Waals surface area contributed by atoms with E-state index in [4.69, 9.17) is 5.73 Å². The van der Waals surface area contributed by atoms with Crippen LogP contribution >= 0.6 is 15.9 Å². The third-order valence-corrected chi connectivity index (χ3v) is 7.98. The van der Waals surface area contributed by atoms with Crippen LogP contribution in [-0.2, 0) is 11.2 Å². The minimum Gasteiger partial charge on any atom is -0.343 e. The molecule has 0 bridgehead atoms. The van der Waals surface area contributed by atoms with Gasteiger partial charge in [0.15, 0.2) is 0 Å². The number of likely N-dealkylation sites (N-methyl/N-ethyl adjacent to an activating group) is 1. The van der Waals surface area contributed by atoms with E-state index in [0.29, 0.717) is 18.9 Å². The molecule has 1 amide bonds. The van der Waals surface area contributed by atoms with E-state index >= 15 is 0 Å². The van der Waals surface area contributed by atoms with Gasteiger partial charge in [-0.25, -0.2) is 0 Å². The zero-order valence-electron chi connectivity index (χ0n) is 20.3. The molecule has 4 rings (SSSR count). The number of rotatable bonds is 6. The van der Waals surface area contributed by atoms with Crippen LogP contribution in [0.3, 0.4) is 0 Å². The quantitative estimate of drug-likeness (QED) is 0.628. The second-order valence-electron chi connectivity index (χ2n) is 9.78. The van der Waals surface area contributed by atoms with Crippen molar-refractivity contribution in [3.05, 3.63) is 40.0 Å². The van der Waals surface area contributed by atoms with Gasteiger partial charge in [0.25, 0.3) is 0 Å². The van der Waals surface area contributed by atoms with E-state index in [1.165, 1.54) is 5.57 Å². The molecule has 2 N–H and O–H groups in total. The van der Waals surface area contributed by atoms with Crippen LogP contribution in [0.5, 0.6) is 0 Å². The molecule has 1 aliphatic heterocycles. The number of fused-ring (bicyclic) bond motifs is 2. The number of hydrogen-bond donors (Lipinski definition) is 1. The first kappa shape index (κ1) is 24.2. The lowest BCUT2D eigenvalue weighted by Crippen LogP contribution is -2.47. The number of amides is 1. The molecule has 2 aliphatic rings. The molecule has 1 aromatic heterocycles. The van der Waals surface area contributed by atoms with Crippen LogP contribution < -0.4 is 5.73 Å². The average Bonchev–Trinajstić information content (AvgIpc) is 3.06. The fourth-order valence-corrected chi connectivity index (χ4v) is 6.23. The monoisotopic (exact) mass is 514 g/mol. The number of nitrogens with two attached hydrogens (primary N) is 1. The highest BCUT2D eigenvalue weighted by atomic mass is 79.9. The van der Waals surface area contributed by atoms with Crippen LogP contribution in [0.4, 0.5) is 0 Å². The molecule has 6 nitrogen and oxygen atoms in total. The van der Waals surface area contributed by atoms with Crippen molar-refractivity contribution in [1.82, 2.24) is 14.4 Å². The minimum atomic E-state index is -0.547. The van der Waals surface area contributed by atoms with E-state index in [1.54, 1.807) is 4.57 Å². The highest BCUT2D eigenvalue weighted by molar-refractivity contribution is 9.10. The number of hydrogen-bond acceptors (Lipinski definition) is 4. The fourth-order valence-electron chi connectivity index (χ4n) is 5.51. The number of carbonyl (C=O) groups excluding carboxylic acids is 2. The number of aromatic nitrogens is 1. The maximum Gasteiger partial charge on any atom is 0.248 e. The Morgan fingerprint density at radius 3 is 2.58 bits per heavy atom. The molecule has 2 heterocycles. The van der Waals surface area contributed by atoms with Gasteiger partial charge in [-0.2, -0.15) is 0 Å². The molecule has 0 saturated carbocycles. The zero-order chi connectivity index (χ0) is 24.0. The van der Waals surface area contributed by atoms with Crippen molar-refractivity contribution in [3.63, 3.8) is 0 Å². The Morgan fingerprint density at radius 2 is 1.94 bits per heavy atom. The van der Waals surface area contributed by atoms with Crippen LogP contribution in [0.1, 0.15) is 50.0 Å². The molecule has 1 aliphatic carbocycles. The molecular weight excluding hydrogens is 480 g/mol. The Bertz CT molecular complexity index is 1120. The van der Waals surface area contributed by atoms with Crippen LogP contribution in [0.2, 0.25) is 0 Å². The van der Waals surface area contributed by atoms with E-state index in [0.717, 1.165) is 46.1 Å². The maximum absolute atomic E-state index is 13.4. The Kier molecular flexibility index (Phi) is 6.85. The summed E-state index contributed by atoms with van der Waals surface area (Å²) in [5.74, 6) is 0.289. The second kappa shape index (κ2) is 9.35. The molecule has 3 unspecified atom stereocenters. The molecule has 0 radical (unpaired) electrons. The van der Waals surface area contributed by atoms with Crippen molar-refractivity contribution < 1.29 is 9.59 Å². The number of benzene rings is 1. The molecule has 7 heteroatoms. The van der Waals surface area contributed by atoms with Gasteiger partial charge in [-0.1, -0.05) is 32.1 Å². The van der Waals surface area contributed by atoms with Gasteiger partial charge in [0.1, 0.15) is 0 Å². The summed E-state index contributed by atoms with van der Waals surface area (Å²) >= 11 is 3.76. The van der Waals surface area contributed by atoms with Crippen molar-refractivity contribution in [2.45, 2.75) is 52.6 Å². The topological polar surface area (TPSA) is 71.6 Å². The molecule has 33 heavy (non-hydrogen) atoms. The number of carbonyl (C=O) groups is 2. The van der Waals surface area contributed by atoms with Crippen molar-refractivity contribution in [1.29, 1.82) is 0 Å². The van der Waals surface area contributed by atoms with Crippen molar-refractivity contribution >= 4 is 44.2 Å². The lowest BCUT2D eigenvalue weighted by Gasteiger charge is -2.40. The Morgan fingerprint density at radius 1 is 1.24 bits per heavy atom. The Balaban J connectivity index is 1.83. The first-order chi connectivity index (χ1) is 15.7. The van der Waals surface area contributed by atoms with Crippen molar-refractivity contribution in [2.75, 3.05) is 26.7 Å². The van der Waals surface area contributed by atoms with Crippen LogP contribution in [0.15, 0.2) is 28.9 Å². The van der Waals surface area contributed by atoms with Gasteiger partial charge in [-0.15, -0.1) is 0 Å². The Hall–Kier alpha value is -1.96. The minimum absolute atomic E-state index is 0.0780. The van der Waals surface area contributed by atoms with Gasteiger partial charge >= 0.3 is 0 Å². The van der Waals surface area contributed by atoms with E-state index < -0.39 is 6.04 Å². The molecule has 0 spiro atoms. The van der Waals surface area contributed by atoms with Crippen LogP contribution in [0, 0.1) is 11.8 Å². The van der Waals surface area contributed by atoms with E-state index in [-0.39, 0.29) is 23.8 Å². The standard InChI is InChI=1S/C26H35BrN4O2/c1-6-30(7-2)25(32)16-12-18-17-9-8-10-21-23(17)19(13-22(18)29(5)14-16)24(27)31(21)26(33)20(28)11-15(3)4/h8-10,12,15-16,20,22H,6-7,11,13-14,28H2,1-5H3. The zero-order valence-corrected chi connectivity index (χ0v) is 21.9. The highest BCUT2D eigenvalue weighted by Gasteiger charge is 2.38. The SMILES string of the molecule is CCN(CC)C(=O)C1C=C2c3cccc4c3c(c(Br)n4C(=O)C(N)CC(C)C)CC2N(C)C1. The largest absolute Gasteiger partial charge is 0.343 e. The van der Waals surface area contributed by atoms with Crippen molar-refractivity contribution in [2.24, 2.45) is 17.6 Å². The third-order valence-electron chi connectivity index (χ3n) is 7.15. The maximum atomic E-state index is 13.4. The highest BCUT2D eigenvalue weighted by Crippen LogP contribution is 2.45. The molecule has 0 saturated heterocycles. The summed E-state index contributed by atoms with van der Waals surface area (Å²) in [6.07, 6.45) is 3.62. The summed E-state index contributed by atoms with van der Waals surface area (Å²) < 4.78 is 2.57. The van der Waals surface area contributed by atoms with Gasteiger partial charge in [0.2, 0.25) is 11.8 Å². The summed E-state index contributed by atoms with van der Waals surface area (Å²) in [6.45, 7) is 10.4. The predicted octanol–water partition coefficient (Wildman–Crippen LogP) is 4.16. The smallest absolute Gasteiger partial charge is 0.248 e. The van der Waals surface area contributed by atoms with Gasteiger partial charge in [0.05, 0.1) is 22.1 Å². The average molecular weight is 515 g/mol. The third kappa shape index (κ3) is 4.08. The lowest BCUT2D eigenvalue weighted by atomic mass is 9.79. The second-order valence-corrected chi connectivity index (χ2v) is 10.5. The summed E-state index contributed by atoms with van der Waals surface area (Å²) in [5.41, 5.74) is 10.6. The Labute approximate surface area is 204 Å². The number of nitrogens with zero attached hydrogens (tertiary/aromatic N) is 3. The van der Waals surface area contributed by atoms with Gasteiger partial charge < -0.3 is 10.6 Å². The first-order valence-corrected chi connectivity index (χ1v) is 12.8. The van der Waals surface area contributed by atoms with Crippen LogP contribution in [-0.4, -0.2) is 64.9 Å². The molecule has 3 atom stereocenters. The lowest BCUT2D eigenvalue weighted by molar-refractivity contribution is -0.134. The summed E-state index contributed by atoms with van der Waals surface area (Å²) in [4.78, 5) is 30.7. The molecule has 178 valence electrons. The molecule has 1 aromatic carbocycles. The van der Waals surface area contributed by atoms with E-state index in [9.17, 15) is 9.59 Å². The van der Waals surface area contributed by atoms with Gasteiger partial charge in [-0.05, 0) is 78.4 Å². The first-order valence-electron chi connectivity index (χ1n) is 12.0. The summed E-state index contributed by atoms with van der Waals surface area (Å²) in [5, 5.41) is 1.10. The van der Waals surface area contributed by atoms with E-state index in [1.807, 2.05) is 30.9 Å². The van der Waals surface area contributed by atoms with E-state index in [2.05, 4.69) is 53.9 Å². The predicted molar refractivity (Wildman–Crippen MR) is 137 cm³/mol.